The summed E-state index contributed by atoms with van der Waals surface area (Å²) in [5.74, 6) is -0.310. The quantitative estimate of drug-likeness (QED) is 0.593. The fraction of sp³-hybridized carbons (Fsp3) is 0.0588. The number of carbonyl (C=O) groups excluding carboxylic acids is 1. The van der Waals surface area contributed by atoms with Crippen molar-refractivity contribution in [3.8, 4) is 0 Å². The third kappa shape index (κ3) is 3.52. The molecule has 3 rings (SSSR count). The number of halogens is 1. The Hall–Kier alpha value is -2.79. The lowest BCUT2D eigenvalue weighted by molar-refractivity contribution is 0.0955. The summed E-state index contributed by atoms with van der Waals surface area (Å²) in [5, 5.41) is 4.66. The van der Waals surface area contributed by atoms with Crippen LogP contribution in [-0.2, 0) is 0 Å². The van der Waals surface area contributed by atoms with Crippen molar-refractivity contribution < 1.29 is 4.79 Å². The third-order valence-corrected chi connectivity index (χ3v) is 3.50. The minimum absolute atomic E-state index is 0.310. The molecule has 1 heterocycles. The fourth-order valence-corrected chi connectivity index (χ4v) is 2.12. The lowest BCUT2D eigenvalue weighted by atomic mass is 10.2. The molecular weight excluding hydrogens is 312 g/mol. The first-order valence-corrected chi connectivity index (χ1v) is 7.33. The highest BCUT2D eigenvalue weighted by molar-refractivity contribution is 6.30. The Morgan fingerprint density at radius 1 is 1.09 bits per heavy atom. The molecule has 2 aromatic carbocycles. The number of hydrogen-bond acceptors (Lipinski definition) is 4. The van der Waals surface area contributed by atoms with Gasteiger partial charge in [-0.15, -0.1) is 0 Å². The van der Waals surface area contributed by atoms with E-state index in [-0.39, 0.29) is 5.91 Å². The summed E-state index contributed by atoms with van der Waals surface area (Å²) in [4.78, 5) is 20.8. The molecule has 0 unspecified atom stereocenters. The van der Waals surface area contributed by atoms with Crippen LogP contribution in [0.15, 0.2) is 59.8 Å². The second-order valence-electron chi connectivity index (χ2n) is 4.89. The molecule has 1 N–H and O–H groups in total. The van der Waals surface area contributed by atoms with Gasteiger partial charge in [0, 0.05) is 10.6 Å². The zero-order chi connectivity index (χ0) is 16.2. The van der Waals surface area contributed by atoms with Crippen molar-refractivity contribution in [2.45, 2.75) is 6.92 Å². The summed E-state index contributed by atoms with van der Waals surface area (Å²) in [6.45, 7) is 1.76. The van der Waals surface area contributed by atoms with Gasteiger partial charge in [-0.1, -0.05) is 23.7 Å². The predicted octanol–water partition coefficient (Wildman–Crippen LogP) is 3.44. The summed E-state index contributed by atoms with van der Waals surface area (Å²) < 4.78 is 0. The topological polar surface area (TPSA) is 67.2 Å². The van der Waals surface area contributed by atoms with Crippen LogP contribution in [0.4, 0.5) is 0 Å². The molecule has 0 bridgehead atoms. The van der Waals surface area contributed by atoms with Crippen LogP contribution in [0.5, 0.6) is 0 Å². The van der Waals surface area contributed by atoms with Gasteiger partial charge in [0.25, 0.3) is 5.91 Å². The van der Waals surface area contributed by atoms with Gasteiger partial charge in [-0.3, -0.25) is 9.78 Å². The zero-order valence-electron chi connectivity index (χ0n) is 12.3. The summed E-state index contributed by atoms with van der Waals surface area (Å²) in [5.41, 5.74) is 5.77. The maximum atomic E-state index is 12.0. The van der Waals surface area contributed by atoms with E-state index in [9.17, 15) is 4.79 Å². The van der Waals surface area contributed by atoms with Gasteiger partial charge >= 0.3 is 0 Å². The number of para-hydroxylation sites is 2. The van der Waals surface area contributed by atoms with Crippen LogP contribution in [0, 0.1) is 0 Å². The fourth-order valence-electron chi connectivity index (χ4n) is 1.99. The number of nitrogens with zero attached hydrogens (tertiary/aromatic N) is 3. The largest absolute Gasteiger partial charge is 0.271 e. The Bertz CT molecular complexity index is 890. The number of aromatic nitrogens is 2. The van der Waals surface area contributed by atoms with E-state index < -0.39 is 0 Å². The van der Waals surface area contributed by atoms with E-state index in [1.54, 1.807) is 37.4 Å². The maximum Gasteiger partial charge on any atom is 0.271 e. The Kier molecular flexibility index (Phi) is 4.30. The molecule has 5 nitrogen and oxygen atoms in total. The molecule has 0 spiro atoms. The first-order valence-electron chi connectivity index (χ1n) is 6.96. The smallest absolute Gasteiger partial charge is 0.267 e. The Morgan fingerprint density at radius 3 is 2.52 bits per heavy atom. The SMILES string of the molecule is C/C(=N/NC(=O)c1ccc(Cl)cc1)c1cnc2ccccc2n1. The highest BCUT2D eigenvalue weighted by atomic mass is 35.5. The monoisotopic (exact) mass is 324 g/mol. The average Bonchev–Trinajstić information content (AvgIpc) is 2.59. The number of hydrazone groups is 1. The molecule has 0 radical (unpaired) electrons. The Morgan fingerprint density at radius 2 is 1.78 bits per heavy atom. The third-order valence-electron chi connectivity index (χ3n) is 3.25. The van der Waals surface area contributed by atoms with E-state index in [0.717, 1.165) is 11.0 Å². The van der Waals surface area contributed by atoms with Crippen LogP contribution in [0.1, 0.15) is 23.0 Å². The van der Waals surface area contributed by atoms with Gasteiger partial charge in [0.05, 0.1) is 22.9 Å². The van der Waals surface area contributed by atoms with Crippen molar-refractivity contribution in [2.24, 2.45) is 5.10 Å². The van der Waals surface area contributed by atoms with Gasteiger partial charge in [-0.25, -0.2) is 10.4 Å². The molecule has 0 aliphatic rings. The van der Waals surface area contributed by atoms with Gasteiger partial charge < -0.3 is 0 Å². The van der Waals surface area contributed by atoms with Gasteiger partial charge in [-0.2, -0.15) is 5.10 Å². The molecule has 0 fully saturated rings. The summed E-state index contributed by atoms with van der Waals surface area (Å²) in [7, 11) is 0. The first-order chi connectivity index (χ1) is 11.1. The number of benzene rings is 2. The number of hydrogen-bond donors (Lipinski definition) is 1. The van der Waals surface area contributed by atoms with Crippen LogP contribution >= 0.6 is 11.6 Å². The van der Waals surface area contributed by atoms with E-state index in [2.05, 4.69) is 20.5 Å². The highest BCUT2D eigenvalue weighted by Crippen LogP contribution is 2.10. The molecule has 0 saturated heterocycles. The maximum absolute atomic E-state index is 12.0. The van der Waals surface area contributed by atoms with Crippen LogP contribution in [-0.4, -0.2) is 21.6 Å². The molecule has 0 atom stereocenters. The number of rotatable bonds is 3. The summed E-state index contributed by atoms with van der Waals surface area (Å²) in [6, 6.07) is 14.2. The lowest BCUT2D eigenvalue weighted by Crippen LogP contribution is -2.19. The molecule has 1 amide bonds. The standard InChI is InChI=1S/C17H13ClN4O/c1-11(16-10-19-14-4-2-3-5-15(14)20-16)21-22-17(23)12-6-8-13(18)9-7-12/h2-10H,1H3,(H,22,23)/b21-11-. The number of nitrogens with one attached hydrogen (secondary N) is 1. The van der Waals surface area contributed by atoms with E-state index in [4.69, 9.17) is 11.6 Å². The minimum atomic E-state index is -0.310. The van der Waals surface area contributed by atoms with Crippen molar-refractivity contribution in [2.75, 3.05) is 0 Å². The van der Waals surface area contributed by atoms with Crippen molar-refractivity contribution >= 4 is 34.3 Å². The van der Waals surface area contributed by atoms with Crippen LogP contribution < -0.4 is 5.43 Å². The molecule has 114 valence electrons. The van der Waals surface area contributed by atoms with Crippen molar-refractivity contribution in [1.29, 1.82) is 0 Å². The van der Waals surface area contributed by atoms with E-state index in [1.807, 2.05) is 24.3 Å². The van der Waals surface area contributed by atoms with Crippen LogP contribution in [0.2, 0.25) is 5.02 Å². The normalized spacial score (nSPS) is 11.5. The van der Waals surface area contributed by atoms with Gasteiger partial charge in [-0.05, 0) is 43.3 Å². The Balaban J connectivity index is 1.78. The summed E-state index contributed by atoms with van der Waals surface area (Å²) >= 11 is 5.80. The predicted molar refractivity (Wildman–Crippen MR) is 90.7 cm³/mol. The molecule has 0 aliphatic carbocycles. The zero-order valence-corrected chi connectivity index (χ0v) is 13.1. The van der Waals surface area contributed by atoms with Crippen LogP contribution in [0.3, 0.4) is 0 Å². The van der Waals surface area contributed by atoms with E-state index in [0.29, 0.717) is 22.0 Å². The van der Waals surface area contributed by atoms with Crippen LogP contribution in [0.25, 0.3) is 11.0 Å². The Labute approximate surface area is 138 Å². The van der Waals surface area contributed by atoms with E-state index >= 15 is 0 Å². The van der Waals surface area contributed by atoms with Crippen molar-refractivity contribution in [3.05, 3.63) is 71.0 Å². The number of fused-ring (bicyclic) bond motifs is 1. The molecule has 3 aromatic rings. The molecule has 0 saturated carbocycles. The summed E-state index contributed by atoms with van der Waals surface area (Å²) in [6.07, 6.45) is 1.63. The highest BCUT2D eigenvalue weighted by Gasteiger charge is 2.06. The average molecular weight is 325 g/mol. The van der Waals surface area contributed by atoms with Crippen molar-refractivity contribution in [3.63, 3.8) is 0 Å². The molecule has 1 aromatic heterocycles. The molecule has 6 heteroatoms. The molecule has 23 heavy (non-hydrogen) atoms. The molecular formula is C17H13ClN4O. The second-order valence-corrected chi connectivity index (χ2v) is 5.33. The van der Waals surface area contributed by atoms with Crippen molar-refractivity contribution in [1.82, 2.24) is 15.4 Å². The number of carbonyl (C=O) groups is 1. The molecule has 0 aliphatic heterocycles. The number of amides is 1. The lowest BCUT2D eigenvalue weighted by Gasteiger charge is -2.04. The van der Waals surface area contributed by atoms with Gasteiger partial charge in [0.1, 0.15) is 5.69 Å². The van der Waals surface area contributed by atoms with Gasteiger partial charge in [0.2, 0.25) is 0 Å². The van der Waals surface area contributed by atoms with E-state index in [1.165, 1.54) is 0 Å². The second kappa shape index (κ2) is 6.54. The first kappa shape index (κ1) is 15.1. The minimum Gasteiger partial charge on any atom is -0.267 e. The van der Waals surface area contributed by atoms with Gasteiger partial charge in [0.15, 0.2) is 0 Å².